The average Bonchev–Trinajstić information content (AvgIpc) is 2.57. The summed E-state index contributed by atoms with van der Waals surface area (Å²) in [5.41, 5.74) is 0.406. The van der Waals surface area contributed by atoms with Crippen molar-refractivity contribution < 1.29 is 19.4 Å². The van der Waals surface area contributed by atoms with E-state index < -0.39 is 10.7 Å². The largest absolute Gasteiger partial charge is 0.493 e. The average molecular weight is 332 g/mol. The summed E-state index contributed by atoms with van der Waals surface area (Å²) in [7, 11) is 3.05. The van der Waals surface area contributed by atoms with Gasteiger partial charge in [0, 0.05) is 18.0 Å². The number of carboxylic acid groups (broad SMARTS) is 1. The minimum Gasteiger partial charge on any atom is -0.493 e. The quantitative estimate of drug-likeness (QED) is 0.790. The van der Waals surface area contributed by atoms with Crippen molar-refractivity contribution >= 4 is 29.4 Å². The molecule has 2 rings (SSSR count). The molecular formula is C16H16N2O4S. The molecule has 1 N–H and O–H groups in total. The van der Waals surface area contributed by atoms with Gasteiger partial charge >= 0.3 is 5.97 Å². The summed E-state index contributed by atoms with van der Waals surface area (Å²) in [5.74, 6) is 0.0728. The lowest BCUT2D eigenvalue weighted by atomic mass is 9.94. The summed E-state index contributed by atoms with van der Waals surface area (Å²) in [6.07, 6.45) is 1.43. The molecule has 0 spiro atoms. The molecule has 0 saturated carbocycles. The predicted molar refractivity (Wildman–Crippen MR) is 88.0 cm³/mol. The summed E-state index contributed by atoms with van der Waals surface area (Å²) in [5, 5.41) is 19.9. The highest BCUT2D eigenvalue weighted by Crippen LogP contribution is 2.39. The topological polar surface area (TPSA) is 92.4 Å². The van der Waals surface area contributed by atoms with Crippen molar-refractivity contribution in [3.63, 3.8) is 0 Å². The van der Waals surface area contributed by atoms with Crippen LogP contribution < -0.4 is 9.47 Å². The highest BCUT2D eigenvalue weighted by atomic mass is 32.1. The van der Waals surface area contributed by atoms with E-state index in [1.807, 2.05) is 0 Å². The second-order valence-corrected chi connectivity index (χ2v) is 5.72. The van der Waals surface area contributed by atoms with Crippen molar-refractivity contribution in [3.8, 4) is 17.6 Å². The zero-order chi connectivity index (χ0) is 17.0. The third kappa shape index (κ3) is 3.32. The fraction of sp³-hybridized carbons (Fsp3) is 0.312. The number of carbonyl (C=O) groups is 1. The maximum absolute atomic E-state index is 10.8. The normalized spacial score (nSPS) is 13.1. The number of pyridine rings is 1. The van der Waals surface area contributed by atoms with Gasteiger partial charge in [0.05, 0.1) is 26.0 Å². The zero-order valence-electron chi connectivity index (χ0n) is 12.7. The zero-order valence-corrected chi connectivity index (χ0v) is 13.6. The first-order chi connectivity index (χ1) is 10.9. The molecule has 0 amide bonds. The third-order valence-electron chi connectivity index (χ3n) is 3.55. The fourth-order valence-electron chi connectivity index (χ4n) is 2.34. The van der Waals surface area contributed by atoms with Crippen molar-refractivity contribution in [1.82, 2.24) is 4.98 Å². The summed E-state index contributed by atoms with van der Waals surface area (Å²) in [6.45, 7) is 0. The Kier molecular flexibility index (Phi) is 4.96. The Bertz CT molecular complexity index is 787. The molecule has 23 heavy (non-hydrogen) atoms. The lowest BCUT2D eigenvalue weighted by molar-refractivity contribution is -0.137. The first-order valence-electron chi connectivity index (χ1n) is 6.82. The molecule has 1 aromatic heterocycles. The van der Waals surface area contributed by atoms with E-state index >= 15 is 0 Å². The Morgan fingerprint density at radius 3 is 2.61 bits per heavy atom. The van der Waals surface area contributed by atoms with Crippen LogP contribution in [0.4, 0.5) is 0 Å². The number of nitriles is 1. The second kappa shape index (κ2) is 6.75. The number of fused-ring (bicyclic) bond motifs is 1. The summed E-state index contributed by atoms with van der Waals surface area (Å²) in [4.78, 5) is 15.1. The number of hydrogen-bond donors (Lipinski definition) is 2. The first-order valence-corrected chi connectivity index (χ1v) is 7.26. The van der Waals surface area contributed by atoms with Crippen LogP contribution in [-0.2, 0) is 9.54 Å². The maximum atomic E-state index is 10.8. The summed E-state index contributed by atoms with van der Waals surface area (Å²) >= 11 is 4.41. The van der Waals surface area contributed by atoms with Crippen LogP contribution in [0, 0.1) is 11.3 Å². The van der Waals surface area contributed by atoms with Crippen LogP contribution in [0.1, 0.15) is 18.5 Å². The molecule has 6 nitrogen and oxygen atoms in total. The number of methoxy groups -OCH3 is 2. The van der Waals surface area contributed by atoms with Gasteiger partial charge in [0.15, 0.2) is 11.5 Å². The van der Waals surface area contributed by atoms with Crippen LogP contribution in [0.5, 0.6) is 11.5 Å². The van der Waals surface area contributed by atoms with Gasteiger partial charge in [-0.2, -0.15) is 17.9 Å². The minimum absolute atomic E-state index is 0.0441. The Morgan fingerprint density at radius 1 is 1.39 bits per heavy atom. The molecular weight excluding hydrogens is 316 g/mol. The monoisotopic (exact) mass is 332 g/mol. The number of hydrogen-bond acceptors (Lipinski definition) is 6. The van der Waals surface area contributed by atoms with Crippen LogP contribution in [0.15, 0.2) is 24.4 Å². The number of ether oxygens (including phenoxy) is 2. The Hall–Kier alpha value is -2.46. The molecule has 1 heterocycles. The first kappa shape index (κ1) is 16.9. The molecule has 1 unspecified atom stereocenters. The number of nitrogens with zero attached hydrogens (tertiary/aromatic N) is 2. The van der Waals surface area contributed by atoms with Gasteiger partial charge in [0.1, 0.15) is 4.75 Å². The Morgan fingerprint density at radius 2 is 2.04 bits per heavy atom. The van der Waals surface area contributed by atoms with E-state index in [0.29, 0.717) is 22.6 Å². The van der Waals surface area contributed by atoms with Gasteiger partial charge in [-0.15, -0.1) is 0 Å². The number of rotatable bonds is 6. The smallest absolute Gasteiger partial charge is 0.303 e. The van der Waals surface area contributed by atoms with Gasteiger partial charge in [0.25, 0.3) is 0 Å². The van der Waals surface area contributed by atoms with Gasteiger partial charge in [-0.25, -0.2) is 0 Å². The highest BCUT2D eigenvalue weighted by molar-refractivity contribution is 7.81. The maximum Gasteiger partial charge on any atom is 0.303 e. The minimum atomic E-state index is -1.31. The molecule has 7 heteroatoms. The number of aromatic nitrogens is 1. The van der Waals surface area contributed by atoms with Gasteiger partial charge in [0.2, 0.25) is 0 Å². The number of carboxylic acids is 1. The molecule has 0 bridgehead atoms. The van der Waals surface area contributed by atoms with Crippen LogP contribution in [-0.4, -0.2) is 30.3 Å². The van der Waals surface area contributed by atoms with E-state index in [9.17, 15) is 10.1 Å². The lowest BCUT2D eigenvalue weighted by Crippen LogP contribution is -2.20. The Labute approximate surface area is 139 Å². The number of aliphatic carboxylic acids is 1. The molecule has 0 radical (unpaired) electrons. The van der Waals surface area contributed by atoms with Crippen molar-refractivity contribution in [3.05, 3.63) is 30.1 Å². The molecule has 2 aromatic rings. The molecule has 120 valence electrons. The Balaban J connectivity index is 2.64. The van der Waals surface area contributed by atoms with Gasteiger partial charge in [-0.05, 0) is 30.0 Å². The van der Waals surface area contributed by atoms with Gasteiger partial charge in [-0.1, -0.05) is 0 Å². The molecule has 0 aliphatic rings. The van der Waals surface area contributed by atoms with E-state index in [0.717, 1.165) is 5.39 Å². The molecule has 0 aliphatic heterocycles. The van der Waals surface area contributed by atoms with Crippen LogP contribution in [0.25, 0.3) is 10.8 Å². The fourth-order valence-corrected chi connectivity index (χ4v) is 2.63. The van der Waals surface area contributed by atoms with Crippen molar-refractivity contribution in [2.75, 3.05) is 14.2 Å². The predicted octanol–water partition coefficient (Wildman–Crippen LogP) is 2.77. The lowest BCUT2D eigenvalue weighted by Gasteiger charge is -2.21. The number of benzene rings is 1. The molecule has 0 aliphatic carbocycles. The second-order valence-electron chi connectivity index (χ2n) is 4.95. The summed E-state index contributed by atoms with van der Waals surface area (Å²) in [6, 6.07) is 7.36. The van der Waals surface area contributed by atoms with Gasteiger partial charge < -0.3 is 14.6 Å². The third-order valence-corrected chi connectivity index (χ3v) is 4.08. The summed E-state index contributed by atoms with van der Waals surface area (Å²) < 4.78 is 9.25. The van der Waals surface area contributed by atoms with E-state index in [-0.39, 0.29) is 12.8 Å². The van der Waals surface area contributed by atoms with Crippen LogP contribution in [0.3, 0.4) is 0 Å². The van der Waals surface area contributed by atoms with E-state index in [2.05, 4.69) is 23.7 Å². The highest BCUT2D eigenvalue weighted by Gasteiger charge is 2.32. The van der Waals surface area contributed by atoms with E-state index in [1.165, 1.54) is 14.2 Å². The molecule has 1 aromatic carbocycles. The van der Waals surface area contributed by atoms with Crippen molar-refractivity contribution in [1.29, 1.82) is 5.26 Å². The van der Waals surface area contributed by atoms with E-state index in [1.54, 1.807) is 24.4 Å². The molecule has 0 fully saturated rings. The van der Waals surface area contributed by atoms with Crippen molar-refractivity contribution in [2.45, 2.75) is 17.6 Å². The van der Waals surface area contributed by atoms with Gasteiger partial charge in [-0.3, -0.25) is 9.78 Å². The molecule has 0 saturated heterocycles. The van der Waals surface area contributed by atoms with Crippen molar-refractivity contribution in [2.24, 2.45) is 0 Å². The molecule has 1 atom stereocenters. The number of thiol groups is 1. The SMILES string of the molecule is COc1cc2ccnc(C(S)(C#N)CCC(=O)O)c2cc1OC. The van der Waals surface area contributed by atoms with E-state index in [4.69, 9.17) is 14.6 Å². The van der Waals surface area contributed by atoms with Crippen LogP contribution >= 0.6 is 12.6 Å². The standard InChI is InChI=1S/C16H16N2O4S/c1-21-12-7-10-4-6-18-15(11(10)8-13(12)22-2)16(23,9-17)5-3-14(19)20/h4,6-8,23H,3,5H2,1-2H3,(H,19,20). The van der Waals surface area contributed by atoms with Crippen LogP contribution in [0.2, 0.25) is 0 Å².